The molecule has 0 spiro atoms. The van der Waals surface area contributed by atoms with Crippen LogP contribution in [-0.2, 0) is 4.79 Å². The van der Waals surface area contributed by atoms with Crippen LogP contribution in [0.25, 0.3) is 16.7 Å². The Balaban J connectivity index is 1.52. The second-order valence-corrected chi connectivity index (χ2v) is 8.31. The van der Waals surface area contributed by atoms with Gasteiger partial charge in [-0.1, -0.05) is 6.08 Å². The Bertz CT molecular complexity index is 1260. The van der Waals surface area contributed by atoms with Gasteiger partial charge in [-0.2, -0.15) is 5.10 Å². The highest BCUT2D eigenvalue weighted by Crippen LogP contribution is 2.37. The van der Waals surface area contributed by atoms with Crippen LogP contribution < -0.4 is 4.74 Å². The zero-order valence-corrected chi connectivity index (χ0v) is 17.9. The zero-order valence-electron chi connectivity index (χ0n) is 17.9. The third-order valence-electron chi connectivity index (χ3n) is 6.11. The fourth-order valence-electron chi connectivity index (χ4n) is 4.23. The van der Waals surface area contributed by atoms with Crippen molar-refractivity contribution in [1.82, 2.24) is 19.7 Å². The van der Waals surface area contributed by atoms with E-state index in [-0.39, 0.29) is 17.6 Å². The van der Waals surface area contributed by atoms with Gasteiger partial charge < -0.3 is 19.8 Å². The maximum atomic E-state index is 12.5. The number of alkyl halides is 3. The number of hydrogen-bond acceptors (Lipinski definition) is 6. The van der Waals surface area contributed by atoms with Gasteiger partial charge in [0, 0.05) is 36.2 Å². The van der Waals surface area contributed by atoms with Crippen LogP contribution >= 0.6 is 0 Å². The number of aromatic nitrogens is 3. The van der Waals surface area contributed by atoms with Crippen molar-refractivity contribution in [2.75, 3.05) is 19.7 Å². The summed E-state index contributed by atoms with van der Waals surface area (Å²) in [6.45, 7) is 0.394. The van der Waals surface area contributed by atoms with Crippen LogP contribution in [0.15, 0.2) is 48.2 Å². The van der Waals surface area contributed by atoms with E-state index in [1.807, 2.05) is 6.08 Å². The summed E-state index contributed by atoms with van der Waals surface area (Å²) in [6, 6.07) is 6.80. The number of ether oxygens (including phenoxy) is 1. The molecule has 178 valence electrons. The monoisotopic (exact) mass is 474 g/mol. The number of halogens is 3. The molecule has 0 bridgehead atoms. The molecule has 34 heavy (non-hydrogen) atoms. The maximum absolute atomic E-state index is 12.5. The topological polar surface area (TPSA) is 101 Å². The summed E-state index contributed by atoms with van der Waals surface area (Å²) in [7, 11) is 0. The number of hydrogen-bond donors (Lipinski definition) is 2. The van der Waals surface area contributed by atoms with Gasteiger partial charge in [-0.05, 0) is 48.7 Å². The van der Waals surface area contributed by atoms with Gasteiger partial charge in [-0.25, -0.2) is 9.67 Å². The predicted octanol–water partition coefficient (Wildman–Crippen LogP) is 2.99. The molecule has 3 aromatic rings. The van der Waals surface area contributed by atoms with Crippen molar-refractivity contribution < 1.29 is 32.9 Å². The molecule has 2 aliphatic rings. The molecule has 5 rings (SSSR count). The minimum Gasteiger partial charge on any atom is -0.406 e. The number of amides is 1. The van der Waals surface area contributed by atoms with E-state index in [1.54, 1.807) is 11.0 Å². The molecule has 1 saturated heterocycles. The first-order valence-corrected chi connectivity index (χ1v) is 10.8. The zero-order chi connectivity index (χ0) is 24.0. The Labute approximate surface area is 191 Å². The van der Waals surface area contributed by atoms with Crippen LogP contribution in [0.2, 0.25) is 0 Å². The third kappa shape index (κ3) is 4.01. The molecule has 11 heteroatoms. The van der Waals surface area contributed by atoms with Crippen LogP contribution in [0.5, 0.6) is 5.75 Å². The van der Waals surface area contributed by atoms with Gasteiger partial charge in [0.25, 0.3) is 0 Å². The second-order valence-electron chi connectivity index (χ2n) is 8.31. The molecule has 1 aliphatic heterocycles. The summed E-state index contributed by atoms with van der Waals surface area (Å²) in [4.78, 5) is 18.6. The lowest BCUT2D eigenvalue weighted by atomic mass is 9.89. The average molecular weight is 474 g/mol. The van der Waals surface area contributed by atoms with E-state index < -0.39 is 19.1 Å². The van der Waals surface area contributed by atoms with E-state index in [2.05, 4.69) is 14.8 Å². The van der Waals surface area contributed by atoms with E-state index in [1.165, 1.54) is 35.1 Å². The van der Waals surface area contributed by atoms with Gasteiger partial charge >= 0.3 is 6.36 Å². The predicted molar refractivity (Wildman–Crippen MR) is 114 cm³/mol. The smallest absolute Gasteiger partial charge is 0.406 e. The lowest BCUT2D eigenvalue weighted by molar-refractivity contribution is -0.274. The van der Waals surface area contributed by atoms with E-state index in [0.717, 1.165) is 18.4 Å². The normalized spacial score (nSPS) is 17.2. The summed E-state index contributed by atoms with van der Waals surface area (Å²) in [6.07, 6.45) is -0.878. The molecule has 1 aliphatic carbocycles. The first kappa shape index (κ1) is 22.4. The van der Waals surface area contributed by atoms with E-state index in [4.69, 9.17) is 0 Å². The molecule has 1 amide bonds. The van der Waals surface area contributed by atoms with Crippen molar-refractivity contribution in [3.63, 3.8) is 0 Å². The number of likely N-dealkylation sites (tertiary alicyclic amines) is 1. The van der Waals surface area contributed by atoms with Gasteiger partial charge in [0.2, 0.25) is 5.91 Å². The number of aliphatic hydroxyl groups excluding tert-OH is 2. The lowest BCUT2D eigenvalue weighted by Gasteiger charge is -2.40. The van der Waals surface area contributed by atoms with Gasteiger partial charge in [0.15, 0.2) is 5.65 Å². The molecule has 3 heterocycles. The molecule has 1 atom stereocenters. The highest BCUT2D eigenvalue weighted by atomic mass is 19.4. The second kappa shape index (κ2) is 8.41. The van der Waals surface area contributed by atoms with Gasteiger partial charge in [0.1, 0.15) is 11.9 Å². The number of carbonyl (C=O) groups is 1. The van der Waals surface area contributed by atoms with E-state index in [9.17, 15) is 28.2 Å². The molecule has 1 aromatic carbocycles. The highest BCUT2D eigenvalue weighted by Gasteiger charge is 2.38. The Morgan fingerprint density at radius 1 is 1.21 bits per heavy atom. The number of nitrogens with zero attached hydrogens (tertiary/aromatic N) is 4. The molecule has 0 radical (unpaired) electrons. The SMILES string of the molecule is O=C(C1=CCC1)N1CC(c2nn(-c3ccc(OC(F)(F)F)cc3)c3nccc(C(O)CO)c23)C1. The van der Waals surface area contributed by atoms with Gasteiger partial charge in [-0.3, -0.25) is 4.79 Å². The molecule has 2 aromatic heterocycles. The number of aliphatic hydroxyl groups is 2. The number of rotatable bonds is 6. The van der Waals surface area contributed by atoms with Crippen molar-refractivity contribution in [2.45, 2.75) is 31.2 Å². The Hall–Kier alpha value is -3.44. The summed E-state index contributed by atoms with van der Waals surface area (Å²) in [5, 5.41) is 25.2. The summed E-state index contributed by atoms with van der Waals surface area (Å²) < 4.78 is 42.9. The minimum absolute atomic E-state index is 0.0141. The van der Waals surface area contributed by atoms with Gasteiger partial charge in [-0.15, -0.1) is 13.2 Å². The largest absolute Gasteiger partial charge is 0.573 e. The van der Waals surface area contributed by atoms with Crippen molar-refractivity contribution in [3.05, 3.63) is 59.4 Å². The van der Waals surface area contributed by atoms with Crippen molar-refractivity contribution in [2.24, 2.45) is 0 Å². The molecule has 1 unspecified atom stereocenters. The van der Waals surface area contributed by atoms with Crippen LogP contribution in [-0.4, -0.2) is 61.8 Å². The Morgan fingerprint density at radius 2 is 1.91 bits per heavy atom. The van der Waals surface area contributed by atoms with Crippen LogP contribution in [0.3, 0.4) is 0 Å². The van der Waals surface area contributed by atoms with Gasteiger partial charge in [0.05, 0.1) is 18.0 Å². The number of carbonyl (C=O) groups excluding carboxylic acids is 1. The Morgan fingerprint density at radius 3 is 2.50 bits per heavy atom. The van der Waals surface area contributed by atoms with Crippen LogP contribution in [0, 0.1) is 0 Å². The fraction of sp³-hybridized carbons (Fsp3) is 0.348. The molecule has 8 nitrogen and oxygen atoms in total. The number of pyridine rings is 1. The summed E-state index contributed by atoms with van der Waals surface area (Å²) in [5.41, 5.74) is 2.69. The van der Waals surface area contributed by atoms with Crippen LogP contribution in [0.4, 0.5) is 13.2 Å². The van der Waals surface area contributed by atoms with Crippen molar-refractivity contribution in [3.8, 4) is 11.4 Å². The number of allylic oxidation sites excluding steroid dienone is 1. The van der Waals surface area contributed by atoms with E-state index >= 15 is 0 Å². The average Bonchev–Trinajstić information content (AvgIpc) is 3.10. The first-order valence-electron chi connectivity index (χ1n) is 10.8. The van der Waals surface area contributed by atoms with E-state index in [0.29, 0.717) is 41.1 Å². The fourth-order valence-corrected chi connectivity index (χ4v) is 4.23. The maximum Gasteiger partial charge on any atom is 0.573 e. The molecular weight excluding hydrogens is 453 g/mol. The van der Waals surface area contributed by atoms with Crippen LogP contribution in [0.1, 0.15) is 36.1 Å². The summed E-state index contributed by atoms with van der Waals surface area (Å²) in [5.74, 6) is -0.467. The third-order valence-corrected chi connectivity index (χ3v) is 6.11. The minimum atomic E-state index is -4.80. The molecular formula is C23H21F3N4O4. The molecule has 1 fully saturated rings. The van der Waals surface area contributed by atoms with Crippen molar-refractivity contribution >= 4 is 16.9 Å². The lowest BCUT2D eigenvalue weighted by Crippen LogP contribution is -2.49. The standard InChI is InChI=1S/C23H21F3N4O4/c24-23(25,26)34-16-6-4-15(5-7-16)30-21-19(17(8-9-27-21)18(32)12-31)20(28-30)14-10-29(11-14)22(33)13-2-1-3-13/h2,4-9,14,18,31-32H,1,3,10-12H2. The molecule has 0 saturated carbocycles. The summed E-state index contributed by atoms with van der Waals surface area (Å²) >= 11 is 0. The quantitative estimate of drug-likeness (QED) is 0.570. The Kier molecular flexibility index (Phi) is 5.53. The number of benzene rings is 1. The first-order chi connectivity index (χ1) is 16.2. The molecule has 2 N–H and O–H groups in total. The number of fused-ring (bicyclic) bond motifs is 1. The highest BCUT2D eigenvalue weighted by molar-refractivity contribution is 5.95. The van der Waals surface area contributed by atoms with Crippen molar-refractivity contribution in [1.29, 1.82) is 0 Å².